The van der Waals surface area contributed by atoms with Crippen LogP contribution in [0.15, 0.2) is 23.5 Å². The lowest BCUT2D eigenvalue weighted by Crippen LogP contribution is -2.39. The summed E-state index contributed by atoms with van der Waals surface area (Å²) in [6, 6.07) is 1.94. The van der Waals surface area contributed by atoms with Crippen molar-refractivity contribution >= 4 is 29.9 Å². The van der Waals surface area contributed by atoms with Gasteiger partial charge in [-0.15, -0.1) is 24.0 Å². The van der Waals surface area contributed by atoms with Crippen molar-refractivity contribution in [3.63, 3.8) is 0 Å². The number of aromatic nitrogens is 2. The van der Waals surface area contributed by atoms with E-state index in [2.05, 4.69) is 36.5 Å². The molecule has 0 aromatic carbocycles. The van der Waals surface area contributed by atoms with Crippen molar-refractivity contribution in [1.82, 2.24) is 20.4 Å². The van der Waals surface area contributed by atoms with Gasteiger partial charge in [0, 0.05) is 32.0 Å². The smallest absolute Gasteiger partial charge is 0.191 e. The van der Waals surface area contributed by atoms with Crippen LogP contribution in [0.25, 0.3) is 0 Å². The molecule has 0 saturated carbocycles. The molecule has 0 amide bonds. The standard InChI is InChI=1S/C16H31N5.HI/c1-4-7-9-15(5-2)14-19-16(17-6-3)18-11-13-21-12-8-10-20-21;/h8,10,12,15H,4-7,9,11,13-14H2,1-3H3,(H2,17,18,19);1H. The fraction of sp³-hybridized carbons (Fsp3) is 0.750. The zero-order valence-corrected chi connectivity index (χ0v) is 16.5. The van der Waals surface area contributed by atoms with Crippen molar-refractivity contribution in [2.45, 2.75) is 53.0 Å². The number of hydrogen-bond acceptors (Lipinski definition) is 2. The van der Waals surface area contributed by atoms with Crippen molar-refractivity contribution in [2.75, 3.05) is 19.6 Å². The largest absolute Gasteiger partial charge is 0.357 e. The molecule has 0 saturated heterocycles. The highest BCUT2D eigenvalue weighted by Crippen LogP contribution is 2.12. The summed E-state index contributed by atoms with van der Waals surface area (Å²) in [5.74, 6) is 1.62. The molecule has 22 heavy (non-hydrogen) atoms. The van der Waals surface area contributed by atoms with Gasteiger partial charge in [0.1, 0.15) is 0 Å². The van der Waals surface area contributed by atoms with Crippen LogP contribution in [-0.4, -0.2) is 35.4 Å². The third kappa shape index (κ3) is 9.27. The van der Waals surface area contributed by atoms with E-state index >= 15 is 0 Å². The van der Waals surface area contributed by atoms with Gasteiger partial charge in [-0.2, -0.15) is 5.10 Å². The van der Waals surface area contributed by atoms with Gasteiger partial charge in [-0.05, 0) is 25.3 Å². The van der Waals surface area contributed by atoms with E-state index < -0.39 is 0 Å². The summed E-state index contributed by atoms with van der Waals surface area (Å²) in [5, 5.41) is 10.9. The van der Waals surface area contributed by atoms with E-state index in [4.69, 9.17) is 4.99 Å². The molecule has 0 radical (unpaired) electrons. The Kier molecular flexibility index (Phi) is 13.3. The van der Waals surface area contributed by atoms with Crippen LogP contribution >= 0.6 is 24.0 Å². The molecule has 5 nitrogen and oxygen atoms in total. The fourth-order valence-corrected chi connectivity index (χ4v) is 2.20. The summed E-state index contributed by atoms with van der Waals surface area (Å²) < 4.78 is 1.92. The molecule has 6 heteroatoms. The van der Waals surface area contributed by atoms with Crippen LogP contribution in [0.2, 0.25) is 0 Å². The van der Waals surface area contributed by atoms with E-state index in [0.717, 1.165) is 32.1 Å². The van der Waals surface area contributed by atoms with E-state index in [0.29, 0.717) is 5.92 Å². The molecule has 0 aliphatic heterocycles. The van der Waals surface area contributed by atoms with Crippen molar-refractivity contribution in [2.24, 2.45) is 10.9 Å². The first-order valence-electron chi connectivity index (χ1n) is 8.29. The molecule has 1 heterocycles. The second kappa shape index (κ2) is 13.8. The Morgan fingerprint density at radius 2 is 2.09 bits per heavy atom. The Morgan fingerprint density at radius 1 is 1.27 bits per heavy atom. The Labute approximate surface area is 152 Å². The lowest BCUT2D eigenvalue weighted by Gasteiger charge is -2.15. The first-order valence-corrected chi connectivity index (χ1v) is 8.29. The van der Waals surface area contributed by atoms with E-state index in [-0.39, 0.29) is 24.0 Å². The van der Waals surface area contributed by atoms with Gasteiger partial charge < -0.3 is 10.6 Å². The average Bonchev–Trinajstić information content (AvgIpc) is 3.00. The van der Waals surface area contributed by atoms with Gasteiger partial charge in [0.25, 0.3) is 0 Å². The van der Waals surface area contributed by atoms with Crippen molar-refractivity contribution in [3.8, 4) is 0 Å². The van der Waals surface area contributed by atoms with Gasteiger partial charge >= 0.3 is 0 Å². The van der Waals surface area contributed by atoms with Crippen LogP contribution in [0.1, 0.15) is 46.5 Å². The summed E-state index contributed by atoms with van der Waals surface area (Å²) in [7, 11) is 0. The summed E-state index contributed by atoms with van der Waals surface area (Å²) in [4.78, 5) is 4.72. The third-order valence-corrected chi connectivity index (χ3v) is 3.59. The molecule has 1 aromatic rings. The summed E-state index contributed by atoms with van der Waals surface area (Å²) in [5.41, 5.74) is 0. The van der Waals surface area contributed by atoms with Crippen molar-refractivity contribution in [1.29, 1.82) is 0 Å². The summed E-state index contributed by atoms with van der Waals surface area (Å²) in [6.45, 7) is 10.1. The third-order valence-electron chi connectivity index (χ3n) is 3.59. The number of rotatable bonds is 10. The Balaban J connectivity index is 0.00000441. The van der Waals surface area contributed by atoms with Crippen molar-refractivity contribution < 1.29 is 0 Å². The predicted octanol–water partition coefficient (Wildman–Crippen LogP) is 3.27. The lowest BCUT2D eigenvalue weighted by atomic mass is 10.00. The minimum absolute atomic E-state index is 0. The fourth-order valence-electron chi connectivity index (χ4n) is 2.20. The second-order valence-electron chi connectivity index (χ2n) is 5.33. The van der Waals surface area contributed by atoms with Gasteiger partial charge in [-0.1, -0.05) is 33.1 Å². The number of hydrogen-bond donors (Lipinski definition) is 2. The minimum atomic E-state index is 0. The van der Waals surface area contributed by atoms with Gasteiger partial charge in [0.15, 0.2) is 5.96 Å². The SMILES string of the molecule is CCCCC(CC)CN=C(NCC)NCCn1cccn1.I. The molecule has 0 aliphatic carbocycles. The van der Waals surface area contributed by atoms with Crippen LogP contribution < -0.4 is 10.6 Å². The highest BCUT2D eigenvalue weighted by molar-refractivity contribution is 14.0. The Morgan fingerprint density at radius 3 is 2.68 bits per heavy atom. The second-order valence-corrected chi connectivity index (χ2v) is 5.33. The lowest BCUT2D eigenvalue weighted by molar-refractivity contribution is 0.461. The highest BCUT2D eigenvalue weighted by atomic mass is 127. The normalized spacial score (nSPS) is 12.6. The van der Waals surface area contributed by atoms with Crippen LogP contribution in [0, 0.1) is 5.92 Å². The summed E-state index contributed by atoms with van der Waals surface area (Å²) in [6.07, 6.45) is 8.83. The number of halogens is 1. The Bertz CT molecular complexity index is 378. The molecule has 0 aliphatic rings. The van der Waals surface area contributed by atoms with Gasteiger partial charge in [-0.25, -0.2) is 0 Å². The molecule has 0 bridgehead atoms. The molecule has 0 fully saturated rings. The quantitative estimate of drug-likeness (QED) is 0.347. The molecule has 1 unspecified atom stereocenters. The van der Waals surface area contributed by atoms with Crippen LogP contribution in [0.3, 0.4) is 0 Å². The average molecular weight is 421 g/mol. The van der Waals surface area contributed by atoms with E-state index in [1.165, 1.54) is 25.7 Å². The first kappa shape index (κ1) is 21.2. The zero-order chi connectivity index (χ0) is 15.3. The number of unbranched alkanes of at least 4 members (excludes halogenated alkanes) is 1. The molecule has 2 N–H and O–H groups in total. The van der Waals surface area contributed by atoms with Crippen LogP contribution in [-0.2, 0) is 6.54 Å². The van der Waals surface area contributed by atoms with E-state index in [9.17, 15) is 0 Å². The number of nitrogens with zero attached hydrogens (tertiary/aromatic N) is 3. The number of nitrogens with one attached hydrogen (secondary N) is 2. The molecule has 1 rings (SSSR count). The first-order chi connectivity index (χ1) is 10.3. The Hall–Kier alpha value is -0.790. The highest BCUT2D eigenvalue weighted by Gasteiger charge is 2.05. The maximum Gasteiger partial charge on any atom is 0.191 e. The predicted molar refractivity (Wildman–Crippen MR) is 105 cm³/mol. The van der Waals surface area contributed by atoms with Gasteiger partial charge in [-0.3, -0.25) is 9.67 Å². The maximum absolute atomic E-state index is 4.72. The van der Waals surface area contributed by atoms with Crippen LogP contribution in [0.4, 0.5) is 0 Å². The number of guanidine groups is 1. The minimum Gasteiger partial charge on any atom is -0.357 e. The maximum atomic E-state index is 4.72. The molecule has 0 spiro atoms. The number of aliphatic imine (C=N–C) groups is 1. The molecule has 1 atom stereocenters. The zero-order valence-electron chi connectivity index (χ0n) is 14.2. The topological polar surface area (TPSA) is 54.2 Å². The molecular weight excluding hydrogens is 389 g/mol. The molecule has 1 aromatic heterocycles. The molecular formula is C16H32IN5. The van der Waals surface area contributed by atoms with E-state index in [1.807, 2.05) is 16.9 Å². The van der Waals surface area contributed by atoms with Crippen LogP contribution in [0.5, 0.6) is 0 Å². The van der Waals surface area contributed by atoms with E-state index in [1.54, 1.807) is 6.20 Å². The monoisotopic (exact) mass is 421 g/mol. The van der Waals surface area contributed by atoms with Gasteiger partial charge in [0.2, 0.25) is 0 Å². The van der Waals surface area contributed by atoms with Gasteiger partial charge in [0.05, 0.1) is 6.54 Å². The summed E-state index contributed by atoms with van der Waals surface area (Å²) >= 11 is 0. The molecule has 128 valence electrons. The van der Waals surface area contributed by atoms with Crippen molar-refractivity contribution in [3.05, 3.63) is 18.5 Å².